The number of rotatable bonds is 8. The minimum atomic E-state index is -2.03. The molecule has 36 heavy (non-hydrogen) atoms. The van der Waals surface area contributed by atoms with Crippen LogP contribution in [0.25, 0.3) is 0 Å². The van der Waals surface area contributed by atoms with Crippen molar-refractivity contribution >= 4 is 14.4 Å². The molecule has 0 bridgehead atoms. The van der Waals surface area contributed by atoms with Gasteiger partial charge in [0.15, 0.2) is 14.6 Å². The number of nitrogens with zero attached hydrogens (tertiary/aromatic N) is 1. The SMILES string of the molecule is COc1ccc(O[C@H]2CCN(C(=O)OC(C)(C)C)[C@@H]2CO[Si](C)(C)C(C)(C)C)cc1CC1OCCO1. The van der Waals surface area contributed by atoms with Gasteiger partial charge in [0.25, 0.3) is 0 Å². The number of likely N-dealkylation sites (tertiary alicyclic amines) is 1. The first-order chi connectivity index (χ1) is 16.7. The molecule has 2 heterocycles. The van der Waals surface area contributed by atoms with E-state index in [0.29, 0.717) is 39.2 Å². The highest BCUT2D eigenvalue weighted by Crippen LogP contribution is 2.38. The first-order valence-corrected chi connectivity index (χ1v) is 15.8. The smallest absolute Gasteiger partial charge is 0.410 e. The van der Waals surface area contributed by atoms with Crippen molar-refractivity contribution in [1.82, 2.24) is 4.90 Å². The summed E-state index contributed by atoms with van der Waals surface area (Å²) in [7, 11) is -0.374. The first kappa shape index (κ1) is 28.8. The second-order valence-electron chi connectivity index (χ2n) is 12.1. The summed E-state index contributed by atoms with van der Waals surface area (Å²) in [5.74, 6) is 1.48. The van der Waals surface area contributed by atoms with E-state index < -0.39 is 13.9 Å². The molecule has 0 aliphatic carbocycles. The number of hydrogen-bond donors (Lipinski definition) is 0. The molecule has 0 unspecified atom stereocenters. The number of carbonyl (C=O) groups is 1. The summed E-state index contributed by atoms with van der Waals surface area (Å²) in [6.07, 6.45) is 0.438. The molecule has 0 saturated carbocycles. The van der Waals surface area contributed by atoms with E-state index in [4.69, 9.17) is 28.1 Å². The fourth-order valence-electron chi connectivity index (χ4n) is 4.08. The Bertz CT molecular complexity index is 887. The summed E-state index contributed by atoms with van der Waals surface area (Å²) in [5.41, 5.74) is 0.383. The summed E-state index contributed by atoms with van der Waals surface area (Å²) < 4.78 is 35.6. The lowest BCUT2D eigenvalue weighted by Gasteiger charge is -2.38. The maximum absolute atomic E-state index is 13.1. The standard InChI is InChI=1S/C27H45NO7Si/c1-26(2,3)35-25(29)28-13-12-23(21(28)18-33-36(8,9)27(4,5)6)34-20-10-11-22(30-7)19(16-20)17-24-31-14-15-32-24/h10-11,16,21,23-24H,12-15,17-18H2,1-9H3/t21-,23+/m1/s1. The maximum Gasteiger partial charge on any atom is 0.410 e. The molecule has 1 amide bonds. The Labute approximate surface area is 217 Å². The van der Waals surface area contributed by atoms with Crippen molar-refractivity contribution in [2.75, 3.05) is 33.5 Å². The van der Waals surface area contributed by atoms with Crippen molar-refractivity contribution in [1.29, 1.82) is 0 Å². The number of methoxy groups -OCH3 is 1. The topological polar surface area (TPSA) is 75.7 Å². The van der Waals surface area contributed by atoms with Gasteiger partial charge in [0.05, 0.1) is 33.0 Å². The first-order valence-electron chi connectivity index (χ1n) is 12.9. The van der Waals surface area contributed by atoms with Crippen molar-refractivity contribution in [2.24, 2.45) is 0 Å². The van der Waals surface area contributed by atoms with Crippen LogP contribution in [0.1, 0.15) is 53.5 Å². The molecule has 2 aliphatic rings. The van der Waals surface area contributed by atoms with Crippen molar-refractivity contribution in [3.8, 4) is 11.5 Å². The number of amides is 1. The van der Waals surface area contributed by atoms with E-state index in [9.17, 15) is 4.79 Å². The normalized spacial score (nSPS) is 21.6. The second-order valence-corrected chi connectivity index (χ2v) is 16.9. The zero-order valence-corrected chi connectivity index (χ0v) is 24.5. The van der Waals surface area contributed by atoms with E-state index in [1.165, 1.54) is 0 Å². The summed E-state index contributed by atoms with van der Waals surface area (Å²) in [4.78, 5) is 14.9. The van der Waals surface area contributed by atoms with Gasteiger partial charge in [-0.25, -0.2) is 4.79 Å². The highest BCUT2D eigenvalue weighted by molar-refractivity contribution is 6.74. The van der Waals surface area contributed by atoms with Crippen LogP contribution < -0.4 is 9.47 Å². The fourth-order valence-corrected chi connectivity index (χ4v) is 5.11. The van der Waals surface area contributed by atoms with E-state index >= 15 is 0 Å². The number of carbonyl (C=O) groups excluding carboxylic acids is 1. The van der Waals surface area contributed by atoms with Crippen LogP contribution in [-0.4, -0.2) is 76.8 Å². The zero-order valence-electron chi connectivity index (χ0n) is 23.5. The van der Waals surface area contributed by atoms with Gasteiger partial charge in [0, 0.05) is 24.9 Å². The molecule has 2 aliphatic heterocycles. The summed E-state index contributed by atoms with van der Waals surface area (Å²) in [6.45, 7) is 18.9. The molecular formula is C27H45NO7Si. The molecule has 2 saturated heterocycles. The van der Waals surface area contributed by atoms with Crippen molar-refractivity contribution < 1.29 is 32.9 Å². The predicted octanol–water partition coefficient (Wildman–Crippen LogP) is 5.39. The van der Waals surface area contributed by atoms with Crippen LogP contribution in [0.4, 0.5) is 4.79 Å². The molecule has 9 heteroatoms. The van der Waals surface area contributed by atoms with Crippen LogP contribution in [-0.2, 0) is 25.1 Å². The Hall–Kier alpha value is -1.81. The van der Waals surface area contributed by atoms with Crippen LogP contribution >= 0.6 is 0 Å². The Morgan fingerprint density at radius 3 is 2.36 bits per heavy atom. The molecule has 1 aromatic carbocycles. The molecule has 2 atom stereocenters. The number of ether oxygens (including phenoxy) is 5. The lowest BCUT2D eigenvalue weighted by molar-refractivity contribution is -0.0403. The second kappa shape index (κ2) is 11.3. The Morgan fingerprint density at radius 1 is 1.11 bits per heavy atom. The van der Waals surface area contributed by atoms with E-state index in [-0.39, 0.29) is 29.6 Å². The quantitative estimate of drug-likeness (QED) is 0.423. The van der Waals surface area contributed by atoms with Crippen LogP contribution in [0.2, 0.25) is 18.1 Å². The highest BCUT2D eigenvalue weighted by Gasteiger charge is 2.44. The van der Waals surface area contributed by atoms with E-state index in [0.717, 1.165) is 17.1 Å². The van der Waals surface area contributed by atoms with Crippen molar-refractivity contribution in [3.63, 3.8) is 0 Å². The van der Waals surface area contributed by atoms with E-state index in [1.54, 1.807) is 12.0 Å². The van der Waals surface area contributed by atoms with E-state index in [1.807, 2.05) is 39.0 Å². The number of hydrogen-bond acceptors (Lipinski definition) is 7. The Morgan fingerprint density at radius 2 is 1.78 bits per heavy atom. The van der Waals surface area contributed by atoms with Gasteiger partial charge in [0.1, 0.15) is 23.2 Å². The minimum Gasteiger partial charge on any atom is -0.496 e. The summed E-state index contributed by atoms with van der Waals surface area (Å²) >= 11 is 0. The molecular weight excluding hydrogens is 478 g/mol. The lowest BCUT2D eigenvalue weighted by atomic mass is 10.1. The molecule has 3 rings (SSSR count). The predicted molar refractivity (Wildman–Crippen MR) is 141 cm³/mol. The van der Waals surface area contributed by atoms with Gasteiger partial charge < -0.3 is 28.1 Å². The third kappa shape index (κ3) is 7.37. The van der Waals surface area contributed by atoms with Gasteiger partial charge in [-0.3, -0.25) is 4.90 Å². The highest BCUT2D eigenvalue weighted by atomic mass is 28.4. The van der Waals surface area contributed by atoms with Crippen LogP contribution in [0, 0.1) is 0 Å². The summed E-state index contributed by atoms with van der Waals surface area (Å²) in [6, 6.07) is 5.54. The summed E-state index contributed by atoms with van der Waals surface area (Å²) in [5, 5.41) is 0.0635. The van der Waals surface area contributed by atoms with Gasteiger partial charge in [-0.15, -0.1) is 0 Å². The molecule has 0 N–H and O–H groups in total. The molecule has 204 valence electrons. The monoisotopic (exact) mass is 523 g/mol. The van der Waals surface area contributed by atoms with Crippen LogP contribution in [0.15, 0.2) is 18.2 Å². The Balaban J connectivity index is 1.80. The fraction of sp³-hybridized carbons (Fsp3) is 0.741. The average molecular weight is 524 g/mol. The Kier molecular flexibility index (Phi) is 9.02. The largest absolute Gasteiger partial charge is 0.496 e. The van der Waals surface area contributed by atoms with Gasteiger partial charge in [-0.2, -0.15) is 0 Å². The average Bonchev–Trinajstić information content (AvgIpc) is 3.40. The van der Waals surface area contributed by atoms with Crippen molar-refractivity contribution in [3.05, 3.63) is 23.8 Å². The van der Waals surface area contributed by atoms with Crippen molar-refractivity contribution in [2.45, 2.75) is 96.6 Å². The lowest BCUT2D eigenvalue weighted by Crippen LogP contribution is -2.50. The van der Waals surface area contributed by atoms with E-state index in [2.05, 4.69) is 33.9 Å². The molecule has 1 aromatic rings. The van der Waals surface area contributed by atoms with Gasteiger partial charge >= 0.3 is 6.09 Å². The molecule has 0 spiro atoms. The maximum atomic E-state index is 13.1. The van der Waals surface area contributed by atoms with Gasteiger partial charge in [-0.05, 0) is 57.1 Å². The van der Waals surface area contributed by atoms with Gasteiger partial charge in [0.2, 0.25) is 0 Å². The van der Waals surface area contributed by atoms with Crippen LogP contribution in [0.3, 0.4) is 0 Å². The minimum absolute atomic E-state index is 0.0635. The zero-order chi connectivity index (χ0) is 26.7. The molecule has 8 nitrogen and oxygen atoms in total. The third-order valence-corrected chi connectivity index (χ3v) is 11.7. The molecule has 2 fully saturated rings. The molecule has 0 aromatic heterocycles. The third-order valence-electron chi connectivity index (χ3n) is 7.15. The number of benzene rings is 1. The van der Waals surface area contributed by atoms with Gasteiger partial charge in [-0.1, -0.05) is 20.8 Å². The van der Waals surface area contributed by atoms with Crippen LogP contribution in [0.5, 0.6) is 11.5 Å². The molecule has 0 radical (unpaired) electrons.